The number of hydrogen-bond acceptors (Lipinski definition) is 5. The Hall–Kier alpha value is -2.58. The standard InChI is InChI=1S/C18H23N3O4S/c1-2-25-16-8-6-15(7-9-16)21-26(23,24)17-10-4-14(5-11-17)18(22)20-13-3-12-19/h4-11,21H,2-3,12-13,19H2,1H3,(H,20,22). The number of carbonyl (C=O) groups is 1. The third-order valence-electron chi connectivity index (χ3n) is 3.51. The minimum absolute atomic E-state index is 0.0740. The Morgan fingerprint density at radius 3 is 2.31 bits per heavy atom. The number of ether oxygens (including phenoxy) is 1. The van der Waals surface area contributed by atoms with Crippen LogP contribution in [-0.4, -0.2) is 34.0 Å². The summed E-state index contributed by atoms with van der Waals surface area (Å²) in [6.07, 6.45) is 0.685. The average molecular weight is 377 g/mol. The minimum atomic E-state index is -3.74. The molecule has 26 heavy (non-hydrogen) atoms. The van der Waals surface area contributed by atoms with Crippen LogP contribution in [0.1, 0.15) is 23.7 Å². The van der Waals surface area contributed by atoms with Crippen molar-refractivity contribution < 1.29 is 17.9 Å². The van der Waals surface area contributed by atoms with Gasteiger partial charge in [-0.3, -0.25) is 9.52 Å². The molecule has 8 heteroatoms. The molecule has 7 nitrogen and oxygen atoms in total. The first-order chi connectivity index (χ1) is 12.5. The summed E-state index contributed by atoms with van der Waals surface area (Å²) >= 11 is 0. The average Bonchev–Trinajstić information content (AvgIpc) is 2.63. The highest BCUT2D eigenvalue weighted by Gasteiger charge is 2.15. The van der Waals surface area contributed by atoms with Crippen molar-refractivity contribution in [3.8, 4) is 5.75 Å². The molecule has 4 N–H and O–H groups in total. The third kappa shape index (κ3) is 5.47. The Bertz CT molecular complexity index is 819. The summed E-state index contributed by atoms with van der Waals surface area (Å²) in [7, 11) is -3.74. The zero-order valence-corrected chi connectivity index (χ0v) is 15.4. The molecule has 0 aromatic heterocycles. The molecule has 140 valence electrons. The first-order valence-electron chi connectivity index (χ1n) is 8.30. The van der Waals surface area contributed by atoms with Crippen molar-refractivity contribution in [2.75, 3.05) is 24.4 Å². The molecule has 0 aliphatic carbocycles. The van der Waals surface area contributed by atoms with Gasteiger partial charge in [0, 0.05) is 17.8 Å². The van der Waals surface area contributed by atoms with Gasteiger partial charge in [0.15, 0.2) is 0 Å². The predicted octanol–water partition coefficient (Wildman–Crippen LogP) is 1.96. The molecule has 2 rings (SSSR count). The molecule has 0 saturated carbocycles. The summed E-state index contributed by atoms with van der Waals surface area (Å²) in [5.41, 5.74) is 6.19. The molecule has 0 heterocycles. The largest absolute Gasteiger partial charge is 0.494 e. The second-order valence-corrected chi connectivity index (χ2v) is 7.17. The molecule has 0 saturated heterocycles. The lowest BCUT2D eigenvalue weighted by atomic mass is 10.2. The van der Waals surface area contributed by atoms with Crippen molar-refractivity contribution in [2.45, 2.75) is 18.2 Å². The van der Waals surface area contributed by atoms with E-state index in [0.717, 1.165) is 0 Å². The molecule has 0 aliphatic rings. The quantitative estimate of drug-likeness (QED) is 0.579. The summed E-state index contributed by atoms with van der Waals surface area (Å²) in [6, 6.07) is 12.4. The van der Waals surface area contributed by atoms with E-state index >= 15 is 0 Å². The number of anilines is 1. The van der Waals surface area contributed by atoms with Crippen LogP contribution in [0.15, 0.2) is 53.4 Å². The maximum atomic E-state index is 12.4. The van der Waals surface area contributed by atoms with Crippen LogP contribution < -0.4 is 20.5 Å². The second-order valence-electron chi connectivity index (χ2n) is 5.49. The van der Waals surface area contributed by atoms with Crippen molar-refractivity contribution in [3.05, 3.63) is 54.1 Å². The van der Waals surface area contributed by atoms with Gasteiger partial charge < -0.3 is 15.8 Å². The minimum Gasteiger partial charge on any atom is -0.494 e. The molecule has 0 unspecified atom stereocenters. The number of nitrogens with one attached hydrogen (secondary N) is 2. The summed E-state index contributed by atoms with van der Waals surface area (Å²) in [6.45, 7) is 3.39. The first kappa shape index (κ1) is 19.7. The Balaban J connectivity index is 2.05. The van der Waals surface area contributed by atoms with Crippen molar-refractivity contribution in [2.24, 2.45) is 5.73 Å². The molecular formula is C18H23N3O4S. The number of carbonyl (C=O) groups excluding carboxylic acids is 1. The van der Waals surface area contributed by atoms with Crippen LogP contribution in [0.3, 0.4) is 0 Å². The van der Waals surface area contributed by atoms with Gasteiger partial charge in [0.05, 0.1) is 11.5 Å². The maximum Gasteiger partial charge on any atom is 0.261 e. The molecule has 0 bridgehead atoms. The number of amides is 1. The van der Waals surface area contributed by atoms with Crippen LogP contribution in [0.25, 0.3) is 0 Å². The second kappa shape index (κ2) is 9.21. The number of nitrogens with two attached hydrogens (primary N) is 1. The molecule has 0 aliphatic heterocycles. The molecule has 2 aromatic rings. The molecule has 0 spiro atoms. The third-order valence-corrected chi connectivity index (χ3v) is 4.91. The van der Waals surface area contributed by atoms with E-state index in [4.69, 9.17) is 10.5 Å². The summed E-state index contributed by atoms with van der Waals surface area (Å²) in [5.74, 6) is 0.405. The highest BCUT2D eigenvalue weighted by atomic mass is 32.2. The van der Waals surface area contributed by atoms with Gasteiger partial charge in [-0.1, -0.05) is 0 Å². The molecule has 2 aromatic carbocycles. The van der Waals surface area contributed by atoms with Gasteiger partial charge in [-0.25, -0.2) is 8.42 Å². The number of rotatable bonds is 9. The highest BCUT2D eigenvalue weighted by molar-refractivity contribution is 7.92. The fourth-order valence-corrected chi connectivity index (χ4v) is 3.25. The van der Waals surface area contributed by atoms with Gasteiger partial charge in [0.25, 0.3) is 15.9 Å². The van der Waals surface area contributed by atoms with Gasteiger partial charge in [-0.15, -0.1) is 0 Å². The van der Waals surface area contributed by atoms with E-state index in [1.165, 1.54) is 24.3 Å². The van der Waals surface area contributed by atoms with Crippen LogP contribution in [0.4, 0.5) is 5.69 Å². The van der Waals surface area contributed by atoms with E-state index in [1.54, 1.807) is 24.3 Å². The number of hydrogen-bond donors (Lipinski definition) is 3. The fraction of sp³-hybridized carbons (Fsp3) is 0.278. The molecule has 1 amide bonds. The van der Waals surface area contributed by atoms with Crippen molar-refractivity contribution >= 4 is 21.6 Å². The monoisotopic (exact) mass is 377 g/mol. The summed E-state index contributed by atoms with van der Waals surface area (Å²) in [5, 5.41) is 2.72. The van der Waals surface area contributed by atoms with Crippen LogP contribution >= 0.6 is 0 Å². The Morgan fingerprint density at radius 1 is 1.08 bits per heavy atom. The lowest BCUT2D eigenvalue weighted by Gasteiger charge is -2.10. The van der Waals surface area contributed by atoms with Gasteiger partial charge in [0.2, 0.25) is 0 Å². The van der Waals surface area contributed by atoms with Crippen LogP contribution in [0.2, 0.25) is 0 Å². The maximum absolute atomic E-state index is 12.4. The smallest absolute Gasteiger partial charge is 0.261 e. The lowest BCUT2D eigenvalue weighted by molar-refractivity contribution is 0.0953. The first-order valence-corrected chi connectivity index (χ1v) is 9.78. The van der Waals surface area contributed by atoms with E-state index in [0.29, 0.717) is 43.1 Å². The van der Waals surface area contributed by atoms with Crippen LogP contribution in [0, 0.1) is 0 Å². The van der Waals surface area contributed by atoms with E-state index in [9.17, 15) is 13.2 Å². The van der Waals surface area contributed by atoms with Gasteiger partial charge in [-0.05, 0) is 68.4 Å². The predicted molar refractivity (Wildman–Crippen MR) is 101 cm³/mol. The van der Waals surface area contributed by atoms with E-state index < -0.39 is 10.0 Å². The summed E-state index contributed by atoms with van der Waals surface area (Å²) in [4.78, 5) is 12.0. The van der Waals surface area contributed by atoms with Crippen molar-refractivity contribution in [3.63, 3.8) is 0 Å². The Labute approximate surface area is 153 Å². The van der Waals surface area contributed by atoms with Crippen molar-refractivity contribution in [1.82, 2.24) is 5.32 Å². The molecule has 0 fully saturated rings. The van der Waals surface area contributed by atoms with Crippen LogP contribution in [-0.2, 0) is 10.0 Å². The summed E-state index contributed by atoms with van der Waals surface area (Å²) < 4.78 is 32.7. The molecule has 0 atom stereocenters. The molecular weight excluding hydrogens is 354 g/mol. The Morgan fingerprint density at radius 2 is 1.73 bits per heavy atom. The number of sulfonamides is 1. The van der Waals surface area contributed by atoms with E-state index in [-0.39, 0.29) is 10.8 Å². The number of benzene rings is 2. The normalized spacial score (nSPS) is 11.0. The van der Waals surface area contributed by atoms with Gasteiger partial charge >= 0.3 is 0 Å². The van der Waals surface area contributed by atoms with E-state index in [1.807, 2.05) is 6.92 Å². The topological polar surface area (TPSA) is 111 Å². The van der Waals surface area contributed by atoms with Gasteiger partial charge in [-0.2, -0.15) is 0 Å². The van der Waals surface area contributed by atoms with Crippen molar-refractivity contribution in [1.29, 1.82) is 0 Å². The molecule has 0 radical (unpaired) electrons. The highest BCUT2D eigenvalue weighted by Crippen LogP contribution is 2.20. The Kier molecular flexibility index (Phi) is 6.99. The SMILES string of the molecule is CCOc1ccc(NS(=O)(=O)c2ccc(C(=O)NCCCN)cc2)cc1. The lowest BCUT2D eigenvalue weighted by Crippen LogP contribution is -2.26. The van der Waals surface area contributed by atoms with Gasteiger partial charge in [0.1, 0.15) is 5.75 Å². The van der Waals surface area contributed by atoms with E-state index in [2.05, 4.69) is 10.0 Å². The zero-order chi connectivity index (χ0) is 19.0. The van der Waals surface area contributed by atoms with Crippen LogP contribution in [0.5, 0.6) is 5.75 Å². The zero-order valence-electron chi connectivity index (χ0n) is 14.6. The fourth-order valence-electron chi connectivity index (χ4n) is 2.19.